The van der Waals surface area contributed by atoms with Gasteiger partial charge in [0.05, 0.1) is 32.0 Å². The summed E-state index contributed by atoms with van der Waals surface area (Å²) in [4.78, 5) is 13.3. The molecular weight excluding hydrogens is 1130 g/mol. The molecule has 0 aliphatic carbocycles. The largest absolute Gasteiger partial charge is 0.394 e. The normalized spacial score (nSPS) is 23.6. The van der Waals surface area contributed by atoms with Crippen LogP contribution in [0.25, 0.3) is 0 Å². The lowest BCUT2D eigenvalue weighted by atomic mass is 9.97. The Balaban J connectivity index is 1.66. The number of rotatable bonds is 58. The molecule has 0 bridgehead atoms. The number of carbonyl (C=O) groups is 1. The molecule has 1 amide bonds. The quantitative estimate of drug-likeness (QED) is 0.0204. The summed E-state index contributed by atoms with van der Waals surface area (Å²) in [7, 11) is 0. The van der Waals surface area contributed by atoms with E-state index in [-0.39, 0.29) is 18.9 Å². The van der Waals surface area contributed by atoms with Gasteiger partial charge in [-0.25, -0.2) is 0 Å². The van der Waals surface area contributed by atoms with Crippen LogP contribution in [0.2, 0.25) is 0 Å². The van der Waals surface area contributed by atoms with Crippen LogP contribution < -0.4 is 5.32 Å². The van der Waals surface area contributed by atoms with Crippen LogP contribution >= 0.6 is 0 Å². The minimum atomic E-state index is -1.79. The first-order chi connectivity index (χ1) is 44.1. The van der Waals surface area contributed by atoms with Gasteiger partial charge in [-0.2, -0.15) is 0 Å². The van der Waals surface area contributed by atoms with Crippen molar-refractivity contribution in [1.82, 2.24) is 5.32 Å². The minimum Gasteiger partial charge on any atom is -0.394 e. The summed E-state index contributed by atoms with van der Waals surface area (Å²) in [5.74, 6) is -0.246. The molecule has 9 N–H and O–H groups in total. The second-order valence-corrected chi connectivity index (χ2v) is 25.0. The van der Waals surface area contributed by atoms with Crippen LogP contribution in [0.3, 0.4) is 0 Å². The number of amides is 1. The number of unbranched alkanes of at least 4 members (excludes halogenated alkanes) is 29. The van der Waals surface area contributed by atoms with Crippen molar-refractivity contribution in [3.8, 4) is 0 Å². The molecule has 14 heteroatoms. The number of aliphatic hydroxyl groups excluding tert-OH is 8. The maximum atomic E-state index is 13.3. The molecule has 2 heterocycles. The molecule has 2 aliphatic heterocycles. The molecule has 518 valence electrons. The van der Waals surface area contributed by atoms with Crippen molar-refractivity contribution in [2.45, 2.75) is 344 Å². The predicted octanol–water partition coefficient (Wildman–Crippen LogP) is 15.1. The molecule has 2 rings (SSSR count). The summed E-state index contributed by atoms with van der Waals surface area (Å²) in [6.07, 6.45) is 68.4. The fourth-order valence-electron chi connectivity index (χ4n) is 11.3. The zero-order valence-corrected chi connectivity index (χ0v) is 56.3. The van der Waals surface area contributed by atoms with Crippen LogP contribution in [0.4, 0.5) is 0 Å². The van der Waals surface area contributed by atoms with Gasteiger partial charge in [0.25, 0.3) is 0 Å². The Morgan fingerprint density at radius 1 is 0.411 bits per heavy atom. The third-order valence-electron chi connectivity index (χ3n) is 17.0. The first-order valence-electron chi connectivity index (χ1n) is 36.1. The van der Waals surface area contributed by atoms with Gasteiger partial charge in [-0.15, -0.1) is 0 Å². The Bertz CT molecular complexity index is 1930. The third-order valence-corrected chi connectivity index (χ3v) is 17.0. The maximum Gasteiger partial charge on any atom is 0.220 e. The molecule has 0 radical (unpaired) electrons. The third kappa shape index (κ3) is 42.8. The minimum absolute atomic E-state index is 0.246. The van der Waals surface area contributed by atoms with Gasteiger partial charge >= 0.3 is 0 Å². The van der Waals surface area contributed by atoms with E-state index < -0.39 is 86.8 Å². The van der Waals surface area contributed by atoms with Gasteiger partial charge in [-0.3, -0.25) is 4.79 Å². The number of carbonyl (C=O) groups excluding carboxylic acids is 1. The van der Waals surface area contributed by atoms with Crippen LogP contribution in [0.5, 0.6) is 0 Å². The molecular formula is C76H131NO13. The van der Waals surface area contributed by atoms with E-state index in [9.17, 15) is 45.6 Å². The first-order valence-corrected chi connectivity index (χ1v) is 36.1. The van der Waals surface area contributed by atoms with Gasteiger partial charge in [0.1, 0.15) is 48.8 Å². The van der Waals surface area contributed by atoms with Crippen LogP contribution in [0, 0.1) is 0 Å². The SMILES string of the molecule is CC/C=C\C/C=C\C/C=C\C/C=C\C/C=C\C/C=C\C/C=C\C/C=C\CCCCCCCCCCCCC(=O)NC(COC1OC(CO)C(OC2OC(CO)C(O)C(O)C2O)C(O)C1O)C(O)/C=C/CCCCCCCCCCCCCCCCCCCCC. The lowest BCUT2D eigenvalue weighted by Crippen LogP contribution is -2.65. The van der Waals surface area contributed by atoms with Crippen LogP contribution in [-0.2, 0) is 23.7 Å². The van der Waals surface area contributed by atoms with Crippen LogP contribution in [0.15, 0.2) is 109 Å². The number of allylic oxidation sites excluding steroid dienone is 17. The van der Waals surface area contributed by atoms with Gasteiger partial charge in [0, 0.05) is 6.42 Å². The standard InChI is InChI=1S/C76H131NO13/c1-3-5-7-9-11-13-15-17-19-21-23-25-26-27-28-29-30-31-32-33-34-35-36-37-38-40-42-44-46-48-50-52-54-56-58-60-68(81)77-64(65(80)59-57-55-53-51-49-47-45-43-41-39-24-22-20-18-16-14-12-10-8-6-4-2)63-87-75-73(86)71(84)74(67(62-79)89-75)90-76-72(85)70(83)69(82)66(61-78)88-76/h5,7,11,13,17,19,23,25,27-28,30-31,33-34,36-37,57,59,64-67,69-76,78-80,82-86H,3-4,6,8-10,12,14-16,18,20-22,24,26,29,32,35,38-56,58,60-63H2,1-2H3,(H,77,81)/b7-5-,13-11-,19-17-,25-23-,28-27-,31-30-,34-33-,37-36-,59-57+. The van der Waals surface area contributed by atoms with E-state index in [1.54, 1.807) is 6.08 Å². The number of ether oxygens (including phenoxy) is 4. The summed E-state index contributed by atoms with van der Waals surface area (Å²) in [6.45, 7) is 2.70. The van der Waals surface area contributed by atoms with E-state index in [1.165, 1.54) is 148 Å². The van der Waals surface area contributed by atoms with Crippen LogP contribution in [-0.4, -0.2) is 140 Å². The smallest absolute Gasteiger partial charge is 0.220 e. The Kier molecular flexibility index (Phi) is 54.6. The average molecular weight is 1270 g/mol. The van der Waals surface area contributed by atoms with Crippen molar-refractivity contribution in [2.24, 2.45) is 0 Å². The molecule has 2 aliphatic rings. The van der Waals surface area contributed by atoms with Crippen molar-refractivity contribution in [3.63, 3.8) is 0 Å². The summed E-state index contributed by atoms with van der Waals surface area (Å²) in [6, 6.07) is -0.925. The molecule has 12 atom stereocenters. The van der Waals surface area contributed by atoms with Crippen molar-refractivity contribution in [2.75, 3.05) is 19.8 Å². The topological polar surface area (TPSA) is 228 Å². The highest BCUT2D eigenvalue weighted by atomic mass is 16.7. The molecule has 0 saturated carbocycles. The van der Waals surface area contributed by atoms with Crippen molar-refractivity contribution >= 4 is 5.91 Å². The monoisotopic (exact) mass is 1270 g/mol. The molecule has 2 saturated heterocycles. The number of hydrogen-bond acceptors (Lipinski definition) is 13. The molecule has 0 aromatic carbocycles. The van der Waals surface area contributed by atoms with E-state index in [1.807, 2.05) is 6.08 Å². The second kappa shape index (κ2) is 59.4. The van der Waals surface area contributed by atoms with Gasteiger partial charge in [0.2, 0.25) is 5.91 Å². The zero-order valence-electron chi connectivity index (χ0n) is 56.3. The number of aliphatic hydroxyl groups is 8. The number of hydrogen-bond donors (Lipinski definition) is 9. The van der Waals surface area contributed by atoms with E-state index in [0.29, 0.717) is 6.42 Å². The van der Waals surface area contributed by atoms with Gasteiger partial charge in [-0.05, 0) is 83.5 Å². The fraction of sp³-hybridized carbons (Fsp3) is 0.750. The van der Waals surface area contributed by atoms with E-state index in [4.69, 9.17) is 18.9 Å². The average Bonchev–Trinajstić information content (AvgIpc) is 1.28. The Labute approximate surface area is 546 Å². The van der Waals surface area contributed by atoms with Gasteiger partial charge in [0.15, 0.2) is 12.6 Å². The maximum absolute atomic E-state index is 13.3. The molecule has 14 nitrogen and oxygen atoms in total. The van der Waals surface area contributed by atoms with E-state index in [2.05, 4.69) is 116 Å². The van der Waals surface area contributed by atoms with E-state index in [0.717, 1.165) is 96.3 Å². The van der Waals surface area contributed by atoms with Crippen molar-refractivity contribution in [3.05, 3.63) is 109 Å². The Morgan fingerprint density at radius 3 is 1.18 bits per heavy atom. The highest BCUT2D eigenvalue weighted by Crippen LogP contribution is 2.30. The first kappa shape index (κ1) is 82.7. The second-order valence-electron chi connectivity index (χ2n) is 25.0. The van der Waals surface area contributed by atoms with Gasteiger partial charge < -0.3 is 65.1 Å². The number of nitrogens with one attached hydrogen (secondary N) is 1. The summed E-state index contributed by atoms with van der Waals surface area (Å²) >= 11 is 0. The molecule has 2 fully saturated rings. The lowest BCUT2D eigenvalue weighted by molar-refractivity contribution is -0.359. The van der Waals surface area contributed by atoms with Gasteiger partial charge in [-0.1, -0.05) is 290 Å². The predicted molar refractivity (Wildman–Crippen MR) is 369 cm³/mol. The highest BCUT2D eigenvalue weighted by molar-refractivity contribution is 5.76. The summed E-state index contributed by atoms with van der Waals surface area (Å²) in [5.41, 5.74) is 0. The van der Waals surface area contributed by atoms with Crippen molar-refractivity contribution < 1.29 is 64.6 Å². The Morgan fingerprint density at radius 2 is 0.767 bits per heavy atom. The fourth-order valence-corrected chi connectivity index (χ4v) is 11.3. The molecule has 0 aromatic heterocycles. The molecule has 12 unspecified atom stereocenters. The Hall–Kier alpha value is -3.35. The molecule has 0 aromatic rings. The van der Waals surface area contributed by atoms with Crippen LogP contribution in [0.1, 0.15) is 271 Å². The highest BCUT2D eigenvalue weighted by Gasteiger charge is 2.51. The summed E-state index contributed by atoms with van der Waals surface area (Å²) < 4.78 is 22.9. The zero-order chi connectivity index (χ0) is 65.2. The van der Waals surface area contributed by atoms with Crippen molar-refractivity contribution in [1.29, 1.82) is 0 Å². The molecule has 90 heavy (non-hydrogen) atoms. The van der Waals surface area contributed by atoms with E-state index >= 15 is 0 Å². The summed E-state index contributed by atoms with van der Waals surface area (Å²) in [5, 5.41) is 87.5. The lowest BCUT2D eigenvalue weighted by Gasteiger charge is -2.46. The molecule has 0 spiro atoms.